The maximum Gasteiger partial charge on any atom is 0.371 e. The molecule has 0 amide bonds. The van der Waals surface area contributed by atoms with E-state index in [0.717, 1.165) is 64.5 Å². The monoisotopic (exact) mass is 1350 g/mol. The number of rotatable bonds is 39. The Bertz CT molecular complexity index is 3700. The molecule has 10 heterocycles. The SMILES string of the molecule is C.NCCc1ccc(COCc2ccc(CN)o2)o1.O=CCCc1ccc(COCc2ccc(CC(=O)O)o2)o1.O=Cc1ccc(COCCOCc2ccc(C=O)o2)o1.O=Cc1ccc(COCc2ccc(C(=O)O)o2)o1.OCCc1ccc(COCc2ccc(CCO)o2)o1. The van der Waals surface area contributed by atoms with Gasteiger partial charge >= 0.3 is 11.9 Å². The van der Waals surface area contributed by atoms with E-state index < -0.39 is 11.9 Å². The number of furan rings is 10. The van der Waals surface area contributed by atoms with E-state index in [-0.39, 0.29) is 89.7 Å². The summed E-state index contributed by atoms with van der Waals surface area (Å²) < 4.78 is 85.4. The first-order chi connectivity index (χ1) is 46.8. The third kappa shape index (κ3) is 30.1. The molecule has 10 aromatic heterocycles. The molecule has 97 heavy (non-hydrogen) atoms. The first kappa shape index (κ1) is 77.7. The van der Waals surface area contributed by atoms with E-state index in [4.69, 9.17) is 104 Å². The Morgan fingerprint density at radius 1 is 0.351 bits per heavy atom. The summed E-state index contributed by atoms with van der Waals surface area (Å²) in [6.45, 7) is 4.88. The Kier molecular flexibility index (Phi) is 35.8. The molecule has 10 aromatic rings. The lowest BCUT2D eigenvalue weighted by Gasteiger charge is -2.03. The highest BCUT2D eigenvalue weighted by molar-refractivity contribution is 5.84. The molecule has 0 spiro atoms. The summed E-state index contributed by atoms with van der Waals surface area (Å²) in [6.07, 6.45) is 5.40. The van der Waals surface area contributed by atoms with Crippen LogP contribution >= 0.6 is 0 Å². The summed E-state index contributed by atoms with van der Waals surface area (Å²) in [5.74, 6) is 9.29. The number of aryl methyl sites for hydroxylation is 1. The smallest absolute Gasteiger partial charge is 0.371 e. The molecule has 0 aliphatic carbocycles. The molecule has 28 heteroatoms. The third-order valence-electron chi connectivity index (χ3n) is 12.5. The second-order valence-electron chi connectivity index (χ2n) is 20.1. The van der Waals surface area contributed by atoms with Crippen LogP contribution in [0.2, 0.25) is 0 Å². The number of aliphatic carboxylic acids is 1. The van der Waals surface area contributed by atoms with Gasteiger partial charge in [0.2, 0.25) is 5.76 Å². The highest BCUT2D eigenvalue weighted by atomic mass is 16.5. The number of carbonyl (C=O) groups is 6. The van der Waals surface area contributed by atoms with Gasteiger partial charge in [-0.05, 0) is 128 Å². The van der Waals surface area contributed by atoms with Crippen LogP contribution in [-0.2, 0) is 143 Å². The number of carbonyl (C=O) groups excluding carboxylic acids is 4. The fourth-order valence-electron chi connectivity index (χ4n) is 8.10. The van der Waals surface area contributed by atoms with Crippen LogP contribution in [0.3, 0.4) is 0 Å². The lowest BCUT2D eigenvalue weighted by Crippen LogP contribution is -2.03. The van der Waals surface area contributed by atoms with E-state index in [0.29, 0.717) is 138 Å². The van der Waals surface area contributed by atoms with Gasteiger partial charge in [-0.3, -0.25) is 19.2 Å². The van der Waals surface area contributed by atoms with Crippen molar-refractivity contribution in [3.05, 3.63) is 237 Å². The molecule has 0 unspecified atom stereocenters. The Morgan fingerprint density at radius 2 is 0.639 bits per heavy atom. The number of hydrogen-bond donors (Lipinski definition) is 6. The number of carboxylic acids is 2. The molecule has 0 aliphatic heterocycles. The van der Waals surface area contributed by atoms with Crippen LogP contribution < -0.4 is 11.5 Å². The Balaban J connectivity index is 0.000000219. The second kappa shape index (κ2) is 44.6. The number of hydrogen-bond acceptors (Lipinski definition) is 26. The molecule has 0 radical (unpaired) electrons. The number of nitrogens with two attached hydrogens (primary N) is 2. The molecule has 28 nitrogen and oxygen atoms in total. The maximum atomic E-state index is 10.6. The largest absolute Gasteiger partial charge is 0.481 e. The number of ether oxygens (including phenoxy) is 6. The lowest BCUT2D eigenvalue weighted by molar-refractivity contribution is -0.136. The minimum atomic E-state index is -1.12. The van der Waals surface area contributed by atoms with Crippen LogP contribution in [0.5, 0.6) is 0 Å². The number of aliphatic hydroxyl groups excluding tert-OH is 2. The topological polar surface area (TPSA) is 422 Å². The van der Waals surface area contributed by atoms with Gasteiger partial charge in [-0.15, -0.1) is 0 Å². The van der Waals surface area contributed by atoms with Gasteiger partial charge in [-0.1, -0.05) is 7.43 Å². The molecule has 0 saturated carbocycles. The highest BCUT2D eigenvalue weighted by Gasteiger charge is 2.13. The van der Waals surface area contributed by atoms with Crippen LogP contribution in [0, 0.1) is 0 Å². The minimum Gasteiger partial charge on any atom is -0.481 e. The van der Waals surface area contributed by atoms with Crippen molar-refractivity contribution in [3.63, 3.8) is 0 Å². The van der Waals surface area contributed by atoms with Crippen LogP contribution in [0.15, 0.2) is 165 Å². The van der Waals surface area contributed by atoms with E-state index in [1.54, 1.807) is 54.6 Å². The quantitative estimate of drug-likeness (QED) is 0.0154. The van der Waals surface area contributed by atoms with E-state index >= 15 is 0 Å². The molecule has 0 atom stereocenters. The average Bonchev–Trinajstić information content (AvgIpc) is 3.64. The molecular weight excluding hydrogens is 1270 g/mol. The highest BCUT2D eigenvalue weighted by Crippen LogP contribution is 2.19. The molecular formula is C69H80N2O26. The van der Waals surface area contributed by atoms with Crippen LogP contribution in [0.25, 0.3) is 0 Å². The maximum absolute atomic E-state index is 10.6. The molecule has 0 aromatic carbocycles. The molecule has 0 bridgehead atoms. The van der Waals surface area contributed by atoms with Gasteiger partial charge in [0.05, 0.1) is 33.0 Å². The van der Waals surface area contributed by atoms with Crippen molar-refractivity contribution in [1.82, 2.24) is 0 Å². The van der Waals surface area contributed by atoms with Crippen molar-refractivity contribution in [2.24, 2.45) is 11.5 Å². The van der Waals surface area contributed by atoms with Crippen LogP contribution in [0.1, 0.15) is 148 Å². The first-order valence-electron chi connectivity index (χ1n) is 29.9. The molecule has 0 saturated heterocycles. The van der Waals surface area contributed by atoms with E-state index in [1.807, 2.05) is 54.6 Å². The van der Waals surface area contributed by atoms with Gasteiger partial charge in [-0.2, -0.15) is 0 Å². The molecule has 0 fully saturated rings. The van der Waals surface area contributed by atoms with Crippen molar-refractivity contribution in [2.45, 2.75) is 119 Å². The van der Waals surface area contributed by atoms with E-state index in [9.17, 15) is 28.8 Å². The zero-order chi connectivity index (χ0) is 68.5. The van der Waals surface area contributed by atoms with Crippen LogP contribution in [-0.4, -0.2) is 90.5 Å². The van der Waals surface area contributed by atoms with Crippen molar-refractivity contribution in [1.29, 1.82) is 0 Å². The summed E-state index contributed by atoms with van der Waals surface area (Å²) in [7, 11) is 0. The number of aliphatic hydroxyl groups is 2. The fourth-order valence-corrected chi connectivity index (χ4v) is 8.10. The van der Waals surface area contributed by atoms with Gasteiger partial charge in [-0.25, -0.2) is 4.79 Å². The van der Waals surface area contributed by atoms with Gasteiger partial charge in [0.15, 0.2) is 36.1 Å². The molecule has 8 N–H and O–H groups in total. The van der Waals surface area contributed by atoms with Gasteiger partial charge < -0.3 is 109 Å². The Hall–Kier alpha value is -9.98. The first-order valence-corrected chi connectivity index (χ1v) is 29.9. The Morgan fingerprint density at radius 3 is 0.948 bits per heavy atom. The van der Waals surface area contributed by atoms with Crippen molar-refractivity contribution in [2.75, 3.05) is 33.0 Å². The van der Waals surface area contributed by atoms with Crippen LogP contribution in [0.4, 0.5) is 0 Å². The summed E-state index contributed by atoms with van der Waals surface area (Å²) in [5.41, 5.74) is 10.9. The summed E-state index contributed by atoms with van der Waals surface area (Å²) >= 11 is 0. The van der Waals surface area contributed by atoms with Gasteiger partial charge in [0.25, 0.3) is 0 Å². The molecule has 0 aliphatic rings. The number of aldehydes is 4. The van der Waals surface area contributed by atoms with Crippen molar-refractivity contribution < 1.29 is 122 Å². The van der Waals surface area contributed by atoms with Crippen molar-refractivity contribution >= 4 is 37.1 Å². The predicted molar refractivity (Wildman–Crippen MR) is 338 cm³/mol. The summed E-state index contributed by atoms with van der Waals surface area (Å²) in [5, 5.41) is 34.8. The third-order valence-corrected chi connectivity index (χ3v) is 12.5. The zero-order valence-corrected chi connectivity index (χ0v) is 52.3. The molecule has 522 valence electrons. The molecule has 10 rings (SSSR count). The lowest BCUT2D eigenvalue weighted by atomic mass is 10.3. The second-order valence-corrected chi connectivity index (χ2v) is 20.1. The standard InChI is InChI=1S/C15H16O6.C14H14O6.C14H18O5.C13H18N2O3.C12H10O6.CH4/c16-7-1-2-11-3-5-13(20-11)9-19-10-14-6-4-12(21-14)8-15(17)18;15-7-11-1-3-13(19-11)9-17-5-6-18-10-14-4-2-12(8-16)20-14;15-7-5-11-1-3-13(18-11)9-17-10-14-4-2-12(19-14)6-8-16;14-6-5-10-1-3-12(17-10)8-16-9-13-4-2-11(7-15)18-13;13-5-8-1-2-9(17-8)6-16-7-10-3-4-11(18-10)12(14)15;/h3-7H,1-2,8-10H2,(H,17,18);1-4,7-8H,5-6,9-10H2;1-4,15-16H,5-10H2;1-4H,5-9,14-15H2;1-5H,6-7H2,(H,14,15);1H4. The number of aromatic carboxylic acids is 1. The van der Waals surface area contributed by atoms with Gasteiger partial charge in [0.1, 0.15) is 171 Å². The van der Waals surface area contributed by atoms with E-state index in [2.05, 4.69) is 0 Å². The minimum absolute atomic E-state index is 0. The Labute approximate surface area is 556 Å². The average molecular weight is 1350 g/mol. The summed E-state index contributed by atoms with van der Waals surface area (Å²) in [6, 6.07) is 34.4. The van der Waals surface area contributed by atoms with Crippen molar-refractivity contribution in [3.8, 4) is 0 Å². The van der Waals surface area contributed by atoms with E-state index in [1.165, 1.54) is 12.1 Å². The predicted octanol–water partition coefficient (Wildman–Crippen LogP) is 10.5. The number of carboxylic acid groups (broad SMARTS) is 2. The fraction of sp³-hybridized carbons (Fsp3) is 0.333. The van der Waals surface area contributed by atoms with Gasteiger partial charge in [0, 0.05) is 32.1 Å². The summed E-state index contributed by atoms with van der Waals surface area (Å²) in [4.78, 5) is 62.6. The zero-order valence-electron chi connectivity index (χ0n) is 52.3. The normalized spacial score (nSPS) is 10.6.